The third-order valence-electron chi connectivity index (χ3n) is 2.34. The summed E-state index contributed by atoms with van der Waals surface area (Å²) in [6, 6.07) is 8.03. The molecule has 100 valence electrons. The molecule has 0 aliphatic carbocycles. The average Bonchev–Trinajstić information content (AvgIpc) is 2.26. The van der Waals surface area contributed by atoms with Crippen molar-refractivity contribution in [3.63, 3.8) is 0 Å². The number of benzene rings is 2. The van der Waals surface area contributed by atoms with E-state index < -0.39 is 12.4 Å². The fraction of sp³-hybridized carbons (Fsp3) is 0.0769. The molecule has 0 heterocycles. The van der Waals surface area contributed by atoms with Gasteiger partial charge < -0.3 is 4.74 Å². The largest absolute Gasteiger partial charge is 0.435 e. The molecule has 0 aromatic heterocycles. The van der Waals surface area contributed by atoms with Crippen molar-refractivity contribution in [3.8, 4) is 16.9 Å². The molecule has 0 unspecified atom stereocenters. The minimum atomic E-state index is -2.99. The smallest absolute Gasteiger partial charge is 0.387 e. The zero-order valence-corrected chi connectivity index (χ0v) is 10.9. The Morgan fingerprint density at radius 3 is 2.11 bits per heavy atom. The van der Waals surface area contributed by atoms with Crippen LogP contribution in [-0.4, -0.2) is 6.61 Å². The molecule has 0 fully saturated rings. The van der Waals surface area contributed by atoms with Crippen molar-refractivity contribution in [2.24, 2.45) is 0 Å². The van der Waals surface area contributed by atoms with Gasteiger partial charge in [0.05, 0.1) is 0 Å². The van der Waals surface area contributed by atoms with E-state index in [0.717, 1.165) is 6.07 Å². The summed E-state index contributed by atoms with van der Waals surface area (Å²) in [5, 5.41) is 0.713. The predicted octanol–water partition coefficient (Wildman–Crippen LogP) is 5.40. The van der Waals surface area contributed by atoms with Crippen LogP contribution in [0.25, 0.3) is 11.1 Å². The summed E-state index contributed by atoms with van der Waals surface area (Å²) >= 11 is 11.6. The highest BCUT2D eigenvalue weighted by atomic mass is 35.5. The molecule has 0 aliphatic heterocycles. The molecule has 2 rings (SSSR count). The molecule has 0 amide bonds. The van der Waals surface area contributed by atoms with E-state index in [4.69, 9.17) is 23.2 Å². The molecule has 1 nitrogen and oxygen atoms in total. The van der Waals surface area contributed by atoms with Crippen LogP contribution in [-0.2, 0) is 0 Å². The molecule has 0 spiro atoms. The van der Waals surface area contributed by atoms with Crippen LogP contribution in [0.5, 0.6) is 5.75 Å². The van der Waals surface area contributed by atoms with Gasteiger partial charge in [0.15, 0.2) is 0 Å². The summed E-state index contributed by atoms with van der Waals surface area (Å²) in [6.45, 7) is -2.99. The molecule has 2 aromatic carbocycles. The lowest BCUT2D eigenvalue weighted by Gasteiger charge is -2.08. The first kappa shape index (κ1) is 14.0. The first-order valence-corrected chi connectivity index (χ1v) is 5.92. The van der Waals surface area contributed by atoms with Crippen LogP contribution in [0.3, 0.4) is 0 Å². The zero-order valence-electron chi connectivity index (χ0n) is 9.34. The second kappa shape index (κ2) is 5.72. The first-order valence-electron chi connectivity index (χ1n) is 5.16. The van der Waals surface area contributed by atoms with Crippen LogP contribution in [0, 0.1) is 5.82 Å². The Labute approximate surface area is 117 Å². The highest BCUT2D eigenvalue weighted by Crippen LogP contribution is 2.31. The van der Waals surface area contributed by atoms with Gasteiger partial charge in [-0.2, -0.15) is 8.78 Å². The van der Waals surface area contributed by atoms with E-state index >= 15 is 0 Å². The third-order valence-corrected chi connectivity index (χ3v) is 2.78. The Morgan fingerprint density at radius 2 is 1.58 bits per heavy atom. The van der Waals surface area contributed by atoms with Crippen molar-refractivity contribution < 1.29 is 17.9 Å². The molecule has 0 saturated carbocycles. The summed E-state index contributed by atoms with van der Waals surface area (Å²) in [6.07, 6.45) is 0. The summed E-state index contributed by atoms with van der Waals surface area (Å²) in [4.78, 5) is 0. The molecule has 0 saturated heterocycles. The van der Waals surface area contributed by atoms with Crippen molar-refractivity contribution in [3.05, 3.63) is 52.3 Å². The van der Waals surface area contributed by atoms with Crippen molar-refractivity contribution in [1.82, 2.24) is 0 Å². The Morgan fingerprint density at radius 1 is 0.947 bits per heavy atom. The summed E-state index contributed by atoms with van der Waals surface area (Å²) < 4.78 is 42.0. The molecule has 19 heavy (non-hydrogen) atoms. The SMILES string of the molecule is Fc1cc(OC(F)F)ccc1-c1cc(Cl)cc(Cl)c1. The van der Waals surface area contributed by atoms with Crippen LogP contribution in [0.2, 0.25) is 10.0 Å². The molecule has 2 aromatic rings. The number of rotatable bonds is 3. The van der Waals surface area contributed by atoms with Gasteiger partial charge in [0.1, 0.15) is 11.6 Å². The van der Waals surface area contributed by atoms with E-state index in [2.05, 4.69) is 4.74 Å². The van der Waals surface area contributed by atoms with E-state index in [1.807, 2.05) is 0 Å². The number of alkyl halides is 2. The minimum absolute atomic E-state index is 0.200. The lowest BCUT2D eigenvalue weighted by Crippen LogP contribution is -2.02. The average molecular weight is 307 g/mol. The van der Waals surface area contributed by atoms with Gasteiger partial charge in [-0.3, -0.25) is 0 Å². The predicted molar refractivity (Wildman–Crippen MR) is 68.5 cm³/mol. The Hall–Kier alpha value is -1.39. The van der Waals surface area contributed by atoms with Crippen LogP contribution in [0.1, 0.15) is 0 Å². The van der Waals surface area contributed by atoms with Gasteiger partial charge in [-0.25, -0.2) is 4.39 Å². The second-order valence-corrected chi connectivity index (χ2v) is 4.55. The van der Waals surface area contributed by atoms with Crippen molar-refractivity contribution in [2.45, 2.75) is 6.61 Å². The zero-order chi connectivity index (χ0) is 14.0. The van der Waals surface area contributed by atoms with Gasteiger partial charge >= 0.3 is 6.61 Å². The van der Waals surface area contributed by atoms with Gasteiger partial charge in [-0.1, -0.05) is 23.2 Å². The number of hydrogen-bond acceptors (Lipinski definition) is 1. The van der Waals surface area contributed by atoms with Crippen molar-refractivity contribution in [1.29, 1.82) is 0 Å². The third kappa shape index (κ3) is 3.55. The lowest BCUT2D eigenvalue weighted by molar-refractivity contribution is -0.0499. The van der Waals surface area contributed by atoms with Gasteiger partial charge in [-0.15, -0.1) is 0 Å². The Kier molecular flexibility index (Phi) is 4.22. The molecule has 0 radical (unpaired) electrons. The van der Waals surface area contributed by atoms with Gasteiger partial charge in [0.2, 0.25) is 0 Å². The molecular weight excluding hydrogens is 300 g/mol. The molecule has 0 bridgehead atoms. The fourth-order valence-electron chi connectivity index (χ4n) is 1.62. The lowest BCUT2D eigenvalue weighted by atomic mass is 10.1. The maximum atomic E-state index is 13.8. The van der Waals surface area contributed by atoms with Gasteiger partial charge in [-0.05, 0) is 35.9 Å². The quantitative estimate of drug-likeness (QED) is 0.737. The number of ether oxygens (including phenoxy) is 1. The van der Waals surface area contributed by atoms with E-state index in [-0.39, 0.29) is 11.3 Å². The Balaban J connectivity index is 2.40. The fourth-order valence-corrected chi connectivity index (χ4v) is 2.14. The standard InChI is InChI=1S/C13H7Cl2F3O/c14-8-3-7(4-9(15)5-8)11-2-1-10(6-12(11)16)19-13(17)18/h1-6,13H. The second-order valence-electron chi connectivity index (χ2n) is 3.68. The molecule has 6 heteroatoms. The van der Waals surface area contributed by atoms with Crippen LogP contribution >= 0.6 is 23.2 Å². The Bertz CT molecular complexity index is 582. The maximum Gasteiger partial charge on any atom is 0.387 e. The van der Waals surface area contributed by atoms with Crippen LogP contribution in [0.4, 0.5) is 13.2 Å². The van der Waals surface area contributed by atoms with E-state index in [9.17, 15) is 13.2 Å². The summed E-state index contributed by atoms with van der Waals surface area (Å²) in [5.41, 5.74) is 0.657. The van der Waals surface area contributed by atoms with E-state index in [1.54, 1.807) is 0 Å². The van der Waals surface area contributed by atoms with E-state index in [1.165, 1.54) is 30.3 Å². The first-order chi connectivity index (χ1) is 8.95. The number of halogens is 5. The number of hydrogen-bond donors (Lipinski definition) is 0. The molecule has 0 aliphatic rings. The molecule has 0 atom stereocenters. The molecule has 0 N–H and O–H groups in total. The normalized spacial score (nSPS) is 10.8. The summed E-state index contributed by atoms with van der Waals surface area (Å²) in [7, 11) is 0. The van der Waals surface area contributed by atoms with Gasteiger partial charge in [0, 0.05) is 21.7 Å². The molecular formula is C13H7Cl2F3O. The summed E-state index contributed by atoms with van der Waals surface area (Å²) in [5.74, 6) is -0.944. The minimum Gasteiger partial charge on any atom is -0.435 e. The van der Waals surface area contributed by atoms with Crippen LogP contribution < -0.4 is 4.74 Å². The van der Waals surface area contributed by atoms with E-state index in [0.29, 0.717) is 15.6 Å². The topological polar surface area (TPSA) is 9.23 Å². The monoisotopic (exact) mass is 306 g/mol. The van der Waals surface area contributed by atoms with Crippen LogP contribution in [0.15, 0.2) is 36.4 Å². The maximum absolute atomic E-state index is 13.8. The highest BCUT2D eigenvalue weighted by Gasteiger charge is 2.11. The highest BCUT2D eigenvalue weighted by molar-refractivity contribution is 6.35. The van der Waals surface area contributed by atoms with Crippen molar-refractivity contribution >= 4 is 23.2 Å². The van der Waals surface area contributed by atoms with Gasteiger partial charge in [0.25, 0.3) is 0 Å². The van der Waals surface area contributed by atoms with Crippen molar-refractivity contribution in [2.75, 3.05) is 0 Å².